The normalized spacial score (nSPS) is 14.2. The van der Waals surface area contributed by atoms with Crippen molar-refractivity contribution in [3.63, 3.8) is 0 Å². The Bertz CT molecular complexity index is 1110. The minimum absolute atomic E-state index is 0.119. The molecule has 1 fully saturated rings. The van der Waals surface area contributed by atoms with Gasteiger partial charge < -0.3 is 15.5 Å². The molecule has 7 nitrogen and oxygen atoms in total. The van der Waals surface area contributed by atoms with Gasteiger partial charge in [-0.2, -0.15) is 5.10 Å². The standard InChI is InChI=1S/C24H26FN5O2/c1-17(15-23(31)27-18-7-6-8-19(16-18)29-12-4-5-13-29)26-24(32)21-11-14-30(28-21)22-10-3-2-9-20(22)25/h2-3,6-11,14,16-17H,4-5,12-13,15H2,1H3,(H,26,32)(H,27,31). The molecule has 0 spiro atoms. The Kier molecular flexibility index (Phi) is 6.49. The molecule has 2 aromatic carbocycles. The van der Waals surface area contributed by atoms with Gasteiger partial charge in [0.2, 0.25) is 5.91 Å². The number of carbonyl (C=O) groups excluding carboxylic acids is 2. The van der Waals surface area contributed by atoms with Gasteiger partial charge >= 0.3 is 0 Å². The highest BCUT2D eigenvalue weighted by molar-refractivity contribution is 5.94. The van der Waals surface area contributed by atoms with Crippen LogP contribution in [0.4, 0.5) is 15.8 Å². The van der Waals surface area contributed by atoms with Crippen LogP contribution in [0.1, 0.15) is 36.7 Å². The summed E-state index contributed by atoms with van der Waals surface area (Å²) in [5.41, 5.74) is 2.25. The van der Waals surface area contributed by atoms with Gasteiger partial charge in [-0.15, -0.1) is 0 Å². The highest BCUT2D eigenvalue weighted by Crippen LogP contribution is 2.23. The SMILES string of the molecule is CC(CC(=O)Nc1cccc(N2CCCC2)c1)NC(=O)c1ccn(-c2ccccc2F)n1. The van der Waals surface area contributed by atoms with Gasteiger partial charge in [-0.05, 0) is 56.2 Å². The van der Waals surface area contributed by atoms with Crippen molar-refractivity contribution < 1.29 is 14.0 Å². The van der Waals surface area contributed by atoms with Crippen LogP contribution in [0.15, 0.2) is 60.8 Å². The molecule has 1 aliphatic rings. The number of carbonyl (C=O) groups is 2. The summed E-state index contributed by atoms with van der Waals surface area (Å²) in [5, 5.41) is 9.82. The lowest BCUT2D eigenvalue weighted by molar-refractivity contribution is -0.116. The van der Waals surface area contributed by atoms with Crippen molar-refractivity contribution >= 4 is 23.2 Å². The van der Waals surface area contributed by atoms with Crippen molar-refractivity contribution in [2.45, 2.75) is 32.2 Å². The smallest absolute Gasteiger partial charge is 0.272 e. The molecule has 1 aromatic heterocycles. The molecule has 8 heteroatoms. The van der Waals surface area contributed by atoms with E-state index in [-0.39, 0.29) is 23.7 Å². The Balaban J connectivity index is 1.31. The van der Waals surface area contributed by atoms with Crippen LogP contribution in [0.5, 0.6) is 0 Å². The minimum atomic E-state index is -0.429. The number of aromatic nitrogens is 2. The molecule has 2 N–H and O–H groups in total. The molecule has 1 aliphatic heterocycles. The van der Waals surface area contributed by atoms with Gasteiger partial charge in [-0.25, -0.2) is 9.07 Å². The quantitative estimate of drug-likeness (QED) is 0.592. The molecule has 1 atom stereocenters. The highest BCUT2D eigenvalue weighted by Gasteiger charge is 2.17. The number of nitrogens with zero attached hydrogens (tertiary/aromatic N) is 3. The van der Waals surface area contributed by atoms with E-state index < -0.39 is 17.8 Å². The summed E-state index contributed by atoms with van der Waals surface area (Å²) >= 11 is 0. The molecule has 1 unspecified atom stereocenters. The van der Waals surface area contributed by atoms with E-state index in [4.69, 9.17) is 0 Å². The number of nitrogens with one attached hydrogen (secondary N) is 2. The first-order valence-corrected chi connectivity index (χ1v) is 10.8. The minimum Gasteiger partial charge on any atom is -0.371 e. The fraction of sp³-hybridized carbons (Fsp3) is 0.292. The number of para-hydroxylation sites is 1. The molecular formula is C24H26FN5O2. The maximum absolute atomic E-state index is 13.9. The van der Waals surface area contributed by atoms with E-state index in [1.165, 1.54) is 35.9 Å². The summed E-state index contributed by atoms with van der Waals surface area (Å²) < 4.78 is 15.2. The van der Waals surface area contributed by atoms with Crippen LogP contribution in [0.25, 0.3) is 5.69 Å². The van der Waals surface area contributed by atoms with E-state index >= 15 is 0 Å². The van der Waals surface area contributed by atoms with E-state index in [2.05, 4.69) is 20.6 Å². The Morgan fingerprint density at radius 1 is 1.09 bits per heavy atom. The van der Waals surface area contributed by atoms with Crippen molar-refractivity contribution in [3.8, 4) is 5.69 Å². The predicted molar refractivity (Wildman–Crippen MR) is 122 cm³/mol. The molecule has 2 amide bonds. The topological polar surface area (TPSA) is 79.3 Å². The van der Waals surface area contributed by atoms with Gasteiger partial charge in [0.25, 0.3) is 5.91 Å². The lowest BCUT2D eigenvalue weighted by Crippen LogP contribution is -2.35. The van der Waals surface area contributed by atoms with Crippen LogP contribution in [0.3, 0.4) is 0 Å². The summed E-state index contributed by atoms with van der Waals surface area (Å²) in [6, 6.07) is 15.1. The van der Waals surface area contributed by atoms with Crippen molar-refractivity contribution in [1.29, 1.82) is 0 Å². The van der Waals surface area contributed by atoms with E-state index in [0.717, 1.165) is 24.5 Å². The van der Waals surface area contributed by atoms with E-state index in [0.29, 0.717) is 0 Å². The first-order valence-electron chi connectivity index (χ1n) is 10.8. The van der Waals surface area contributed by atoms with E-state index in [1.54, 1.807) is 25.1 Å². The van der Waals surface area contributed by atoms with Gasteiger partial charge in [0, 0.05) is 43.1 Å². The van der Waals surface area contributed by atoms with E-state index in [9.17, 15) is 14.0 Å². The molecule has 0 aliphatic carbocycles. The third-order valence-corrected chi connectivity index (χ3v) is 5.39. The van der Waals surface area contributed by atoms with Gasteiger partial charge in [-0.1, -0.05) is 18.2 Å². The molecule has 1 saturated heterocycles. The van der Waals surface area contributed by atoms with Crippen molar-refractivity contribution in [2.75, 3.05) is 23.3 Å². The molecule has 4 rings (SSSR count). The fourth-order valence-electron chi connectivity index (χ4n) is 3.81. The zero-order valence-electron chi connectivity index (χ0n) is 17.9. The maximum Gasteiger partial charge on any atom is 0.272 e. The third-order valence-electron chi connectivity index (χ3n) is 5.39. The molecule has 2 heterocycles. The molecule has 166 valence electrons. The number of rotatable bonds is 7. The van der Waals surface area contributed by atoms with Gasteiger partial charge in [0.15, 0.2) is 5.69 Å². The van der Waals surface area contributed by atoms with Crippen LogP contribution in [-0.2, 0) is 4.79 Å². The first kappa shape index (κ1) is 21.5. The largest absolute Gasteiger partial charge is 0.371 e. The second-order valence-corrected chi connectivity index (χ2v) is 7.97. The van der Waals surface area contributed by atoms with Crippen LogP contribution < -0.4 is 15.5 Å². The van der Waals surface area contributed by atoms with Gasteiger partial charge in [0.1, 0.15) is 11.5 Å². The Labute approximate surface area is 186 Å². The zero-order valence-corrected chi connectivity index (χ0v) is 17.9. The molecular weight excluding hydrogens is 409 g/mol. The number of anilines is 2. The highest BCUT2D eigenvalue weighted by atomic mass is 19.1. The summed E-state index contributed by atoms with van der Waals surface area (Å²) in [6.45, 7) is 3.83. The van der Waals surface area contributed by atoms with Crippen LogP contribution in [0.2, 0.25) is 0 Å². The fourth-order valence-corrected chi connectivity index (χ4v) is 3.81. The predicted octanol–water partition coefficient (Wildman–Crippen LogP) is 3.76. The zero-order chi connectivity index (χ0) is 22.5. The molecule has 32 heavy (non-hydrogen) atoms. The van der Waals surface area contributed by atoms with Crippen LogP contribution in [0, 0.1) is 5.82 Å². The monoisotopic (exact) mass is 435 g/mol. The van der Waals surface area contributed by atoms with Gasteiger partial charge in [-0.3, -0.25) is 9.59 Å². The Morgan fingerprint density at radius 2 is 1.88 bits per heavy atom. The lowest BCUT2D eigenvalue weighted by Gasteiger charge is -2.19. The number of benzene rings is 2. The van der Waals surface area contributed by atoms with Gasteiger partial charge in [0.05, 0.1) is 0 Å². The average Bonchev–Trinajstić information content (AvgIpc) is 3.47. The third kappa shape index (κ3) is 5.14. The Morgan fingerprint density at radius 3 is 2.66 bits per heavy atom. The van der Waals surface area contributed by atoms with Crippen molar-refractivity contribution in [2.24, 2.45) is 0 Å². The first-order chi connectivity index (χ1) is 15.5. The summed E-state index contributed by atoms with van der Waals surface area (Å²) in [5.74, 6) is -1.04. The van der Waals surface area contributed by atoms with Crippen LogP contribution >= 0.6 is 0 Å². The average molecular weight is 436 g/mol. The number of hydrogen-bond donors (Lipinski definition) is 2. The summed E-state index contributed by atoms with van der Waals surface area (Å²) in [6.07, 6.45) is 4.02. The lowest BCUT2D eigenvalue weighted by atomic mass is 10.2. The molecule has 0 bridgehead atoms. The second-order valence-electron chi connectivity index (χ2n) is 7.97. The number of halogens is 1. The van der Waals surface area contributed by atoms with E-state index in [1.807, 2.05) is 24.3 Å². The number of amides is 2. The summed E-state index contributed by atoms with van der Waals surface area (Å²) in [4.78, 5) is 27.3. The summed E-state index contributed by atoms with van der Waals surface area (Å²) in [7, 11) is 0. The molecule has 0 saturated carbocycles. The number of hydrogen-bond acceptors (Lipinski definition) is 4. The van der Waals surface area contributed by atoms with Crippen molar-refractivity contribution in [3.05, 3.63) is 72.3 Å². The maximum atomic E-state index is 13.9. The molecule has 3 aromatic rings. The second kappa shape index (κ2) is 9.64. The van der Waals surface area contributed by atoms with Crippen LogP contribution in [-0.4, -0.2) is 40.7 Å². The molecule has 0 radical (unpaired) electrons. The van der Waals surface area contributed by atoms with Crippen molar-refractivity contribution in [1.82, 2.24) is 15.1 Å². The Hall–Kier alpha value is -3.68.